The molecule has 6 rings (SSSR count). The molecule has 2 atom stereocenters. The first-order chi connectivity index (χ1) is 21.8. The number of carbonyl (C=O) groups excluding carboxylic acids is 1. The number of halogens is 3. The van der Waals surface area contributed by atoms with E-state index >= 15 is 0 Å². The molecule has 4 aromatic rings. The van der Waals surface area contributed by atoms with Gasteiger partial charge in [0.05, 0.1) is 31.0 Å². The lowest BCUT2D eigenvalue weighted by Gasteiger charge is -2.33. The lowest BCUT2D eigenvalue weighted by atomic mass is 9.97. The molecule has 2 aromatic carbocycles. The number of thiophene rings is 1. The highest BCUT2D eigenvalue weighted by Gasteiger charge is 2.41. The van der Waals surface area contributed by atoms with E-state index in [9.17, 15) is 27.9 Å². The second kappa shape index (κ2) is 12.0. The van der Waals surface area contributed by atoms with Gasteiger partial charge in [-0.3, -0.25) is 4.90 Å². The van der Waals surface area contributed by atoms with E-state index in [2.05, 4.69) is 4.90 Å². The highest BCUT2D eigenvalue weighted by Crippen LogP contribution is 2.42. The minimum Gasteiger partial charge on any atom is -0.496 e. The first-order valence-electron chi connectivity index (χ1n) is 14.8. The van der Waals surface area contributed by atoms with Crippen LogP contribution in [-0.4, -0.2) is 53.3 Å². The van der Waals surface area contributed by atoms with Crippen molar-refractivity contribution < 1.29 is 37.3 Å². The third-order valence-corrected chi connectivity index (χ3v) is 9.76. The van der Waals surface area contributed by atoms with Gasteiger partial charge in [-0.15, -0.1) is 11.3 Å². The Kier molecular flexibility index (Phi) is 8.18. The predicted molar refractivity (Wildman–Crippen MR) is 168 cm³/mol. The minimum absolute atomic E-state index is 0.0417. The van der Waals surface area contributed by atoms with Gasteiger partial charge < -0.3 is 19.5 Å². The molecule has 0 spiro atoms. The molecule has 0 radical (unpaired) electrons. The standard InChI is InChI=1S/C34H32F3N3O5S/c1-18-12-22(15-23(13-18)34(35,36)37)30-20(3)40(33(43)45-30)17-26-24(7-9-29(38-26)39-10-5-11-39)25-16-21(6-8-27(25)44-4)31-19(2)14-28(46-31)32(41)42/h6-9,12-16,20,30H,5,10-11,17H2,1-4H3,(H,41,42)/t20-,30-/m0/s1. The van der Waals surface area contributed by atoms with Gasteiger partial charge in [0.15, 0.2) is 0 Å². The summed E-state index contributed by atoms with van der Waals surface area (Å²) in [5.74, 6) is 0.322. The van der Waals surface area contributed by atoms with Crippen LogP contribution in [0.1, 0.15) is 57.1 Å². The molecule has 0 unspecified atom stereocenters. The molecule has 2 saturated heterocycles. The number of nitrogens with zero attached hydrogens (tertiary/aromatic N) is 3. The number of carbonyl (C=O) groups is 2. The Bertz CT molecular complexity index is 1840. The molecule has 12 heteroatoms. The molecule has 1 N–H and O–H groups in total. The van der Waals surface area contributed by atoms with Crippen molar-refractivity contribution in [2.24, 2.45) is 0 Å². The number of aromatic nitrogens is 1. The Morgan fingerprint density at radius 3 is 2.48 bits per heavy atom. The molecule has 2 aliphatic heterocycles. The zero-order chi connectivity index (χ0) is 32.9. The molecule has 2 aliphatic rings. The number of aryl methyl sites for hydroxylation is 2. The van der Waals surface area contributed by atoms with Crippen LogP contribution in [0.25, 0.3) is 21.6 Å². The summed E-state index contributed by atoms with van der Waals surface area (Å²) in [5.41, 5.74) is 3.51. The number of alkyl halides is 3. The average Bonchev–Trinajstić information content (AvgIpc) is 3.50. The van der Waals surface area contributed by atoms with Gasteiger partial charge in [0.2, 0.25) is 0 Å². The first-order valence-corrected chi connectivity index (χ1v) is 15.6. The van der Waals surface area contributed by atoms with Crippen LogP contribution in [-0.2, 0) is 17.5 Å². The van der Waals surface area contributed by atoms with Gasteiger partial charge in [0, 0.05) is 29.1 Å². The summed E-state index contributed by atoms with van der Waals surface area (Å²) in [7, 11) is 1.56. The van der Waals surface area contributed by atoms with Crippen LogP contribution in [0.2, 0.25) is 0 Å². The SMILES string of the molecule is COc1ccc(-c2sc(C(=O)O)cc2C)cc1-c1ccc(N2CCC2)nc1CN1C(=O)O[C@H](c2cc(C)cc(C(F)(F)F)c2)[C@@H]1C. The summed E-state index contributed by atoms with van der Waals surface area (Å²) in [5, 5.41) is 9.53. The molecule has 8 nitrogen and oxygen atoms in total. The van der Waals surface area contributed by atoms with Gasteiger partial charge in [-0.1, -0.05) is 11.6 Å². The summed E-state index contributed by atoms with van der Waals surface area (Å²) >= 11 is 1.18. The van der Waals surface area contributed by atoms with E-state index < -0.39 is 35.9 Å². The van der Waals surface area contributed by atoms with E-state index in [4.69, 9.17) is 14.5 Å². The van der Waals surface area contributed by atoms with Crippen molar-refractivity contribution in [2.75, 3.05) is 25.1 Å². The molecule has 2 aromatic heterocycles. The van der Waals surface area contributed by atoms with Crippen LogP contribution in [0.4, 0.5) is 23.8 Å². The number of methoxy groups -OCH3 is 1. The van der Waals surface area contributed by atoms with Crippen LogP contribution < -0.4 is 9.64 Å². The normalized spacial score (nSPS) is 18.0. The third-order valence-electron chi connectivity index (χ3n) is 8.49. The molecule has 0 bridgehead atoms. The molecular formula is C34H32F3N3O5S. The summed E-state index contributed by atoms with van der Waals surface area (Å²) < 4.78 is 52.2. The molecular weight excluding hydrogens is 619 g/mol. The Balaban J connectivity index is 1.40. The fourth-order valence-electron chi connectivity index (χ4n) is 5.97. The highest BCUT2D eigenvalue weighted by molar-refractivity contribution is 7.17. The monoisotopic (exact) mass is 651 g/mol. The number of carboxylic acid groups (broad SMARTS) is 1. The lowest BCUT2D eigenvalue weighted by Crippen LogP contribution is -2.38. The number of cyclic esters (lactones) is 1. The molecule has 0 aliphatic carbocycles. The van der Waals surface area contributed by atoms with Crippen LogP contribution in [0.5, 0.6) is 5.75 Å². The summed E-state index contributed by atoms with van der Waals surface area (Å²) in [4.78, 5) is 34.6. The van der Waals surface area contributed by atoms with Gasteiger partial charge in [0.1, 0.15) is 22.5 Å². The second-order valence-electron chi connectivity index (χ2n) is 11.7. The number of hydrogen-bond acceptors (Lipinski definition) is 7. The molecule has 4 heterocycles. The number of amides is 1. The summed E-state index contributed by atoms with van der Waals surface area (Å²) in [6.07, 6.45) is -5.04. The van der Waals surface area contributed by atoms with Crippen molar-refractivity contribution in [1.82, 2.24) is 9.88 Å². The number of hydrogen-bond donors (Lipinski definition) is 1. The van der Waals surface area contributed by atoms with Gasteiger partial charge in [0.25, 0.3) is 0 Å². The smallest absolute Gasteiger partial charge is 0.416 e. The predicted octanol–water partition coefficient (Wildman–Crippen LogP) is 8.11. The lowest BCUT2D eigenvalue weighted by molar-refractivity contribution is -0.137. The molecule has 46 heavy (non-hydrogen) atoms. The van der Waals surface area contributed by atoms with Crippen LogP contribution in [0, 0.1) is 13.8 Å². The zero-order valence-corrected chi connectivity index (χ0v) is 26.5. The Hall–Kier alpha value is -4.58. The highest BCUT2D eigenvalue weighted by atomic mass is 32.1. The van der Waals surface area contributed by atoms with Gasteiger partial charge in [-0.25, -0.2) is 14.6 Å². The van der Waals surface area contributed by atoms with Crippen molar-refractivity contribution >= 4 is 29.2 Å². The number of benzene rings is 2. The maximum atomic E-state index is 13.6. The van der Waals surface area contributed by atoms with E-state index in [0.29, 0.717) is 28.1 Å². The molecule has 0 saturated carbocycles. The van der Waals surface area contributed by atoms with E-state index in [1.54, 1.807) is 33.1 Å². The largest absolute Gasteiger partial charge is 0.496 e. The van der Waals surface area contributed by atoms with Crippen LogP contribution in [0.15, 0.2) is 54.6 Å². The Morgan fingerprint density at radius 2 is 1.85 bits per heavy atom. The molecule has 240 valence electrons. The van der Waals surface area contributed by atoms with Crippen LogP contribution >= 0.6 is 11.3 Å². The minimum atomic E-state index is -4.53. The average molecular weight is 652 g/mol. The maximum Gasteiger partial charge on any atom is 0.416 e. The van der Waals surface area contributed by atoms with Crippen molar-refractivity contribution in [2.45, 2.75) is 52.1 Å². The van der Waals surface area contributed by atoms with E-state index in [-0.39, 0.29) is 17.0 Å². The Labute approximate surface area is 268 Å². The first kappa shape index (κ1) is 31.4. The number of anilines is 1. The quantitative estimate of drug-likeness (QED) is 0.206. The van der Waals surface area contributed by atoms with Crippen molar-refractivity contribution in [3.8, 4) is 27.3 Å². The van der Waals surface area contributed by atoms with Crippen LogP contribution in [0.3, 0.4) is 0 Å². The van der Waals surface area contributed by atoms with E-state index in [0.717, 1.165) is 53.5 Å². The third kappa shape index (κ3) is 5.89. The maximum absolute atomic E-state index is 13.6. The van der Waals surface area contributed by atoms with E-state index in [1.165, 1.54) is 16.2 Å². The summed E-state index contributed by atoms with van der Waals surface area (Å²) in [6.45, 7) is 6.95. The molecule has 1 amide bonds. The fraction of sp³-hybridized carbons (Fsp3) is 0.324. The fourth-order valence-corrected chi connectivity index (χ4v) is 6.98. The van der Waals surface area contributed by atoms with Crippen molar-refractivity contribution in [3.05, 3.63) is 87.4 Å². The summed E-state index contributed by atoms with van der Waals surface area (Å²) in [6, 6.07) is 14.2. The number of rotatable bonds is 8. The number of carboxylic acids is 1. The van der Waals surface area contributed by atoms with Crippen molar-refractivity contribution in [1.29, 1.82) is 0 Å². The van der Waals surface area contributed by atoms with Gasteiger partial charge in [-0.2, -0.15) is 13.2 Å². The van der Waals surface area contributed by atoms with E-state index in [1.807, 2.05) is 37.3 Å². The Morgan fingerprint density at radius 1 is 1.09 bits per heavy atom. The number of pyridine rings is 1. The number of ether oxygens (including phenoxy) is 2. The topological polar surface area (TPSA) is 92.2 Å². The number of aromatic carboxylic acids is 1. The second-order valence-corrected chi connectivity index (χ2v) is 12.7. The van der Waals surface area contributed by atoms with Gasteiger partial charge >= 0.3 is 18.2 Å². The van der Waals surface area contributed by atoms with Crippen molar-refractivity contribution in [3.63, 3.8) is 0 Å². The molecule has 2 fully saturated rings. The van der Waals surface area contributed by atoms with Gasteiger partial charge in [-0.05, 0) is 92.4 Å². The zero-order valence-electron chi connectivity index (χ0n) is 25.6.